The van der Waals surface area contributed by atoms with Crippen molar-refractivity contribution in [1.29, 1.82) is 0 Å². The Morgan fingerprint density at radius 3 is 2.44 bits per heavy atom. The third kappa shape index (κ3) is 9.14. The van der Waals surface area contributed by atoms with Crippen molar-refractivity contribution in [3.8, 4) is 0 Å². The second-order valence-corrected chi connectivity index (χ2v) is 13.1. The minimum Gasteiger partial charge on any atom is -0.466 e. The van der Waals surface area contributed by atoms with Crippen molar-refractivity contribution < 1.29 is 14.3 Å². The number of benzene rings is 1. The molecule has 5 N–H and O–H groups in total. The van der Waals surface area contributed by atoms with Gasteiger partial charge in [-0.3, -0.25) is 9.59 Å². The minimum absolute atomic E-state index is 0.125. The number of carbonyl (C=O) groups is 2. The molecule has 0 spiro atoms. The molecule has 0 saturated carbocycles. The van der Waals surface area contributed by atoms with E-state index in [4.69, 9.17) is 16.2 Å². The molecule has 0 heterocycles. The molecule has 0 radical (unpaired) electrons. The van der Waals surface area contributed by atoms with Crippen LogP contribution < -0.4 is 16.8 Å². The predicted molar refractivity (Wildman–Crippen MR) is 105 cm³/mol. The molecule has 25 heavy (non-hydrogen) atoms. The van der Waals surface area contributed by atoms with Crippen LogP contribution in [0, 0.1) is 0 Å². The monoisotopic (exact) mass is 365 g/mol. The Labute approximate surface area is 151 Å². The smallest absolute Gasteiger partial charge is 0.305 e. The van der Waals surface area contributed by atoms with Gasteiger partial charge in [-0.05, 0) is 37.1 Å². The lowest BCUT2D eigenvalue weighted by atomic mass is 10.1. The number of hydrogen-bond acceptors (Lipinski definition) is 5. The lowest BCUT2D eigenvalue weighted by molar-refractivity contribution is -0.143. The van der Waals surface area contributed by atoms with Crippen LogP contribution in [0.25, 0.3) is 0 Å². The van der Waals surface area contributed by atoms with Crippen LogP contribution in [0.15, 0.2) is 18.2 Å². The predicted octanol–water partition coefficient (Wildman–Crippen LogP) is 3.02. The molecule has 0 atom stereocenters. The Hall–Kier alpha value is -2.02. The van der Waals surface area contributed by atoms with Crippen molar-refractivity contribution in [3.05, 3.63) is 23.8 Å². The van der Waals surface area contributed by atoms with Gasteiger partial charge in [0.25, 0.3) is 5.91 Å². The Morgan fingerprint density at radius 2 is 1.80 bits per heavy atom. The largest absolute Gasteiger partial charge is 0.466 e. The molecule has 0 saturated heterocycles. The molecular weight excluding hydrogens is 334 g/mol. The van der Waals surface area contributed by atoms with E-state index in [1.807, 2.05) is 0 Å². The molecule has 0 aliphatic rings. The number of anilines is 2. The average molecular weight is 366 g/mol. The second kappa shape index (κ2) is 10.1. The molecule has 7 heteroatoms. The normalized spacial score (nSPS) is 11.2. The average Bonchev–Trinajstić information content (AvgIpc) is 2.51. The molecule has 1 aromatic rings. The number of carbonyl (C=O) groups excluding carboxylic acids is 2. The van der Waals surface area contributed by atoms with E-state index in [9.17, 15) is 9.59 Å². The van der Waals surface area contributed by atoms with Crippen LogP contribution >= 0.6 is 0 Å². The van der Waals surface area contributed by atoms with Gasteiger partial charge in [-0.15, -0.1) is 0 Å². The molecule has 0 aliphatic heterocycles. The first-order chi connectivity index (χ1) is 11.7. The molecule has 1 aromatic carbocycles. The summed E-state index contributed by atoms with van der Waals surface area (Å²) in [5, 5.41) is 2.84. The fourth-order valence-electron chi connectivity index (χ4n) is 2.13. The van der Waals surface area contributed by atoms with E-state index in [-0.39, 0.29) is 11.9 Å². The summed E-state index contributed by atoms with van der Waals surface area (Å²) in [4.78, 5) is 23.6. The third-order valence-electron chi connectivity index (χ3n) is 3.81. The summed E-state index contributed by atoms with van der Waals surface area (Å²) in [6, 6.07) is 5.84. The number of nitrogen functional groups attached to an aromatic ring is 2. The van der Waals surface area contributed by atoms with Gasteiger partial charge in [-0.1, -0.05) is 26.1 Å². The number of esters is 1. The molecular formula is C18H31N3O3Si. The zero-order chi connectivity index (χ0) is 18.9. The van der Waals surface area contributed by atoms with Crippen LogP contribution in [0.4, 0.5) is 11.4 Å². The SMILES string of the molecule is C[Si](C)(C)CCOC(=O)CCCCCNC(=O)c1ccc(N)c(N)c1. The number of nitrogens with two attached hydrogens (primary N) is 2. The molecule has 0 unspecified atom stereocenters. The van der Waals surface area contributed by atoms with Gasteiger partial charge in [0, 0.05) is 26.6 Å². The Morgan fingerprint density at radius 1 is 1.08 bits per heavy atom. The number of unbranched alkanes of at least 4 members (excludes halogenated alkanes) is 2. The number of hydrogen-bond donors (Lipinski definition) is 3. The summed E-state index contributed by atoms with van der Waals surface area (Å²) >= 11 is 0. The van der Waals surface area contributed by atoms with Crippen molar-refractivity contribution >= 4 is 31.3 Å². The number of ether oxygens (including phenoxy) is 1. The van der Waals surface area contributed by atoms with Gasteiger partial charge in [0.2, 0.25) is 0 Å². The van der Waals surface area contributed by atoms with Crippen LogP contribution in [0.5, 0.6) is 0 Å². The van der Waals surface area contributed by atoms with E-state index in [1.165, 1.54) is 0 Å². The van der Waals surface area contributed by atoms with Crippen molar-refractivity contribution in [3.63, 3.8) is 0 Å². The van der Waals surface area contributed by atoms with Crippen LogP contribution in [0.3, 0.4) is 0 Å². The highest BCUT2D eigenvalue weighted by Crippen LogP contribution is 2.15. The zero-order valence-electron chi connectivity index (χ0n) is 15.6. The summed E-state index contributed by atoms with van der Waals surface area (Å²) < 4.78 is 5.25. The van der Waals surface area contributed by atoms with Crippen LogP contribution in [-0.2, 0) is 9.53 Å². The van der Waals surface area contributed by atoms with E-state index in [2.05, 4.69) is 25.0 Å². The van der Waals surface area contributed by atoms with E-state index in [0.717, 1.165) is 25.3 Å². The lowest BCUT2D eigenvalue weighted by Crippen LogP contribution is -2.24. The first kappa shape index (κ1) is 21.0. The first-order valence-corrected chi connectivity index (χ1v) is 12.5. The fourth-order valence-corrected chi connectivity index (χ4v) is 2.85. The van der Waals surface area contributed by atoms with Gasteiger partial charge in [0.05, 0.1) is 18.0 Å². The number of rotatable bonds is 10. The highest BCUT2D eigenvalue weighted by Gasteiger charge is 2.13. The van der Waals surface area contributed by atoms with E-state index < -0.39 is 8.07 Å². The minimum atomic E-state index is -1.15. The van der Waals surface area contributed by atoms with Gasteiger partial charge in [-0.2, -0.15) is 0 Å². The van der Waals surface area contributed by atoms with Crippen LogP contribution in [-0.4, -0.2) is 33.1 Å². The molecule has 1 amide bonds. The third-order valence-corrected chi connectivity index (χ3v) is 5.51. The van der Waals surface area contributed by atoms with Crippen molar-refractivity contribution in [2.45, 2.75) is 51.4 Å². The highest BCUT2D eigenvalue weighted by atomic mass is 28.3. The maximum Gasteiger partial charge on any atom is 0.305 e. The number of amides is 1. The van der Waals surface area contributed by atoms with Gasteiger partial charge in [0.15, 0.2) is 0 Å². The summed E-state index contributed by atoms with van der Waals surface area (Å²) in [6.07, 6.45) is 2.90. The van der Waals surface area contributed by atoms with E-state index >= 15 is 0 Å². The van der Waals surface area contributed by atoms with Crippen molar-refractivity contribution in [1.82, 2.24) is 5.32 Å². The molecule has 1 rings (SSSR count). The first-order valence-electron chi connectivity index (χ1n) is 8.78. The maximum atomic E-state index is 12.0. The van der Waals surface area contributed by atoms with Gasteiger partial charge in [-0.25, -0.2) is 0 Å². The summed E-state index contributed by atoms with van der Waals surface area (Å²) in [6.45, 7) is 7.87. The molecule has 0 bridgehead atoms. The van der Waals surface area contributed by atoms with Crippen LogP contribution in [0.2, 0.25) is 25.7 Å². The Kier molecular flexibility index (Phi) is 8.47. The standard InChI is InChI=1S/C18H31N3O3Si/c1-25(2,3)12-11-24-17(22)7-5-4-6-10-21-18(23)14-8-9-15(19)16(20)13-14/h8-9,13H,4-7,10-12,19-20H2,1-3H3,(H,21,23). The quantitative estimate of drug-likeness (QED) is 0.256. The van der Waals surface area contributed by atoms with Crippen molar-refractivity contribution in [2.24, 2.45) is 0 Å². The molecule has 0 aliphatic carbocycles. The Balaban J connectivity index is 2.10. The summed E-state index contributed by atoms with van der Waals surface area (Å²) in [5.41, 5.74) is 12.7. The Bertz CT molecular complexity index is 585. The topological polar surface area (TPSA) is 107 Å². The summed E-state index contributed by atoms with van der Waals surface area (Å²) in [5.74, 6) is -0.294. The molecule has 140 valence electrons. The molecule has 0 fully saturated rings. The molecule has 0 aromatic heterocycles. The van der Waals surface area contributed by atoms with Crippen LogP contribution in [0.1, 0.15) is 36.0 Å². The zero-order valence-corrected chi connectivity index (χ0v) is 16.6. The number of nitrogens with one attached hydrogen (secondary N) is 1. The second-order valence-electron chi connectivity index (χ2n) is 7.44. The van der Waals surface area contributed by atoms with Gasteiger partial charge >= 0.3 is 5.97 Å². The van der Waals surface area contributed by atoms with Gasteiger partial charge < -0.3 is 21.5 Å². The van der Waals surface area contributed by atoms with E-state index in [1.54, 1.807) is 18.2 Å². The highest BCUT2D eigenvalue weighted by molar-refractivity contribution is 6.76. The lowest BCUT2D eigenvalue weighted by Gasteiger charge is -2.15. The fraction of sp³-hybridized carbons (Fsp3) is 0.556. The van der Waals surface area contributed by atoms with Crippen molar-refractivity contribution in [2.75, 3.05) is 24.6 Å². The maximum absolute atomic E-state index is 12.0. The molecule has 6 nitrogen and oxygen atoms in total. The van der Waals surface area contributed by atoms with E-state index in [0.29, 0.717) is 36.5 Å². The summed E-state index contributed by atoms with van der Waals surface area (Å²) in [7, 11) is -1.15. The van der Waals surface area contributed by atoms with Gasteiger partial charge in [0.1, 0.15) is 0 Å².